The molecule has 0 atom stereocenters. The van der Waals surface area contributed by atoms with E-state index in [1.54, 1.807) is 29.1 Å². The minimum Gasteiger partial charge on any atom is -0.439 e. The highest BCUT2D eigenvalue weighted by atomic mass is 35.5. The minimum absolute atomic E-state index is 0.0611. The maximum absolute atomic E-state index is 13.5. The Bertz CT molecular complexity index is 1540. The van der Waals surface area contributed by atoms with Gasteiger partial charge >= 0.3 is 0 Å². The number of hydrogen-bond donors (Lipinski definition) is 0. The lowest BCUT2D eigenvalue weighted by Gasteiger charge is -2.14. The number of hydrogen-bond acceptors (Lipinski definition) is 5. The highest BCUT2D eigenvalue weighted by Gasteiger charge is 2.18. The van der Waals surface area contributed by atoms with Gasteiger partial charge in [-0.05, 0) is 30.7 Å². The van der Waals surface area contributed by atoms with Crippen LogP contribution in [0, 0.1) is 11.9 Å². The van der Waals surface area contributed by atoms with Crippen LogP contribution in [0.2, 0.25) is 5.02 Å². The Hall–Kier alpha value is -3.85. The summed E-state index contributed by atoms with van der Waals surface area (Å²) in [6.07, 6.45) is 1.61. The van der Waals surface area contributed by atoms with Crippen LogP contribution in [0.5, 0.6) is 11.6 Å². The van der Waals surface area contributed by atoms with Crippen LogP contribution in [0.1, 0.15) is 12.5 Å². The van der Waals surface area contributed by atoms with Crippen LogP contribution in [0.4, 0.5) is 8.78 Å². The van der Waals surface area contributed by atoms with E-state index in [0.717, 1.165) is 17.7 Å². The van der Waals surface area contributed by atoms with E-state index in [9.17, 15) is 13.6 Å². The molecule has 4 aromatic heterocycles. The molecule has 0 aliphatic rings. The molecule has 4 heterocycles. The summed E-state index contributed by atoms with van der Waals surface area (Å²) in [7, 11) is 0. The molecular formula is C23H16ClF2N5O2. The maximum Gasteiger partial charge on any atom is 0.221 e. The van der Waals surface area contributed by atoms with Crippen molar-refractivity contribution < 1.29 is 13.5 Å². The monoisotopic (exact) mass is 467 g/mol. The molecule has 33 heavy (non-hydrogen) atoms. The van der Waals surface area contributed by atoms with E-state index in [4.69, 9.17) is 16.3 Å². The molecule has 5 rings (SSSR count). The van der Waals surface area contributed by atoms with Gasteiger partial charge in [-0.25, -0.2) is 4.98 Å². The molecular weight excluding hydrogens is 452 g/mol. The van der Waals surface area contributed by atoms with Crippen LogP contribution in [0.25, 0.3) is 22.2 Å². The van der Waals surface area contributed by atoms with Gasteiger partial charge in [-0.1, -0.05) is 23.7 Å². The molecule has 1 aromatic carbocycles. The van der Waals surface area contributed by atoms with Crippen LogP contribution >= 0.6 is 11.6 Å². The van der Waals surface area contributed by atoms with Gasteiger partial charge in [0.25, 0.3) is 0 Å². The molecule has 0 saturated carbocycles. The number of fused-ring (bicyclic) bond motifs is 2. The summed E-state index contributed by atoms with van der Waals surface area (Å²) in [6.45, 7) is 2.86. The Morgan fingerprint density at radius 3 is 2.42 bits per heavy atom. The summed E-state index contributed by atoms with van der Waals surface area (Å²) in [5, 5.41) is 0.973. The Balaban J connectivity index is 1.71. The zero-order valence-corrected chi connectivity index (χ0v) is 18.1. The zero-order chi connectivity index (χ0) is 23.1. The molecule has 7 nitrogen and oxygen atoms in total. The molecule has 0 N–H and O–H groups in total. The van der Waals surface area contributed by atoms with Crippen molar-refractivity contribution in [1.29, 1.82) is 0 Å². The average molecular weight is 468 g/mol. The van der Waals surface area contributed by atoms with Gasteiger partial charge in [-0.3, -0.25) is 4.79 Å². The Labute approximate surface area is 190 Å². The van der Waals surface area contributed by atoms with Gasteiger partial charge in [0, 0.05) is 29.8 Å². The molecule has 166 valence electrons. The van der Waals surface area contributed by atoms with E-state index in [0.29, 0.717) is 40.3 Å². The van der Waals surface area contributed by atoms with Gasteiger partial charge in [-0.2, -0.15) is 18.7 Å². The van der Waals surface area contributed by atoms with Gasteiger partial charge in [0.05, 0.1) is 18.3 Å². The first-order valence-electron chi connectivity index (χ1n) is 10.1. The van der Waals surface area contributed by atoms with E-state index in [2.05, 4.69) is 15.0 Å². The lowest BCUT2D eigenvalue weighted by molar-refractivity contribution is 0.440. The quantitative estimate of drug-likeness (QED) is 0.342. The number of rotatable bonds is 5. The molecule has 0 spiro atoms. The number of aryl methyl sites for hydroxylation is 1. The molecule has 0 aliphatic heterocycles. The summed E-state index contributed by atoms with van der Waals surface area (Å²) < 4.78 is 36.1. The van der Waals surface area contributed by atoms with E-state index in [1.807, 2.05) is 23.6 Å². The second kappa shape index (κ2) is 8.25. The number of aromatic nitrogens is 5. The molecule has 0 fully saturated rings. The molecule has 0 unspecified atom stereocenters. The highest BCUT2D eigenvalue weighted by molar-refractivity contribution is 6.30. The van der Waals surface area contributed by atoms with E-state index in [1.165, 1.54) is 6.07 Å². The highest BCUT2D eigenvalue weighted by Crippen LogP contribution is 2.25. The summed E-state index contributed by atoms with van der Waals surface area (Å²) in [6, 6.07) is 12.2. The number of imidazole rings is 1. The fraction of sp³-hybridized carbons (Fsp3) is 0.130. The standard InChI is InChI=1S/C23H16ClF2N5O2/c1-2-30-12-27-23-20(30)21(32)16-7-8-19(33-15-9-17(25)28-18(26)10-15)29-22(16)31(23)11-13-3-5-14(24)6-4-13/h3-10,12H,2,11H2,1H3. The van der Waals surface area contributed by atoms with Gasteiger partial charge in [0.2, 0.25) is 23.2 Å². The third-order valence-corrected chi connectivity index (χ3v) is 5.44. The normalized spacial score (nSPS) is 11.4. The Kier molecular flexibility index (Phi) is 5.26. The Morgan fingerprint density at radius 2 is 1.73 bits per heavy atom. The fourth-order valence-electron chi connectivity index (χ4n) is 3.68. The van der Waals surface area contributed by atoms with Crippen LogP contribution in [0.3, 0.4) is 0 Å². The molecule has 0 radical (unpaired) electrons. The van der Waals surface area contributed by atoms with E-state index < -0.39 is 11.9 Å². The summed E-state index contributed by atoms with van der Waals surface area (Å²) in [4.78, 5) is 25.3. The molecule has 0 aliphatic carbocycles. The summed E-state index contributed by atoms with van der Waals surface area (Å²) in [5.41, 5.74) is 1.97. The van der Waals surface area contributed by atoms with Gasteiger partial charge in [0.1, 0.15) is 16.9 Å². The van der Waals surface area contributed by atoms with Crippen molar-refractivity contribution in [2.75, 3.05) is 0 Å². The second-order valence-corrected chi connectivity index (χ2v) is 7.75. The third kappa shape index (κ3) is 3.91. The SMILES string of the molecule is CCn1cnc2c1c(=O)c1ccc(Oc3cc(F)nc(F)c3)nc1n2Cc1ccc(Cl)cc1. The predicted molar refractivity (Wildman–Crippen MR) is 120 cm³/mol. The zero-order valence-electron chi connectivity index (χ0n) is 17.3. The van der Waals surface area contributed by atoms with Crippen molar-refractivity contribution >= 4 is 33.8 Å². The van der Waals surface area contributed by atoms with Crippen molar-refractivity contribution in [2.24, 2.45) is 0 Å². The van der Waals surface area contributed by atoms with Crippen LogP contribution in [0.15, 0.2) is 59.7 Å². The lowest BCUT2D eigenvalue weighted by Crippen LogP contribution is -2.15. The van der Waals surface area contributed by atoms with Crippen molar-refractivity contribution in [3.05, 3.63) is 87.6 Å². The fourth-order valence-corrected chi connectivity index (χ4v) is 3.81. The summed E-state index contributed by atoms with van der Waals surface area (Å²) in [5.74, 6) is -2.07. The number of pyridine rings is 3. The first-order valence-corrected chi connectivity index (χ1v) is 10.4. The predicted octanol–water partition coefficient (Wildman–Crippen LogP) is 4.93. The molecule has 10 heteroatoms. The van der Waals surface area contributed by atoms with Gasteiger partial charge in [0.15, 0.2) is 5.65 Å². The number of nitrogens with zero attached hydrogens (tertiary/aromatic N) is 5. The third-order valence-electron chi connectivity index (χ3n) is 5.19. The van der Waals surface area contributed by atoms with Crippen LogP contribution in [-0.2, 0) is 13.1 Å². The largest absolute Gasteiger partial charge is 0.439 e. The Morgan fingerprint density at radius 1 is 1.00 bits per heavy atom. The molecule has 5 aromatic rings. The minimum atomic E-state index is -1.02. The molecule has 0 amide bonds. The maximum atomic E-state index is 13.5. The van der Waals surface area contributed by atoms with Crippen molar-refractivity contribution in [1.82, 2.24) is 24.1 Å². The average Bonchev–Trinajstić information content (AvgIpc) is 3.21. The molecule has 0 saturated heterocycles. The topological polar surface area (TPSA) is 74.8 Å². The van der Waals surface area contributed by atoms with Crippen molar-refractivity contribution in [3.63, 3.8) is 0 Å². The van der Waals surface area contributed by atoms with Gasteiger partial charge in [-0.15, -0.1) is 0 Å². The number of ether oxygens (including phenoxy) is 1. The van der Waals surface area contributed by atoms with Crippen molar-refractivity contribution in [2.45, 2.75) is 20.0 Å². The van der Waals surface area contributed by atoms with Crippen LogP contribution in [-0.4, -0.2) is 24.1 Å². The van der Waals surface area contributed by atoms with Crippen molar-refractivity contribution in [3.8, 4) is 11.6 Å². The molecule has 0 bridgehead atoms. The van der Waals surface area contributed by atoms with Gasteiger partial charge < -0.3 is 13.9 Å². The van der Waals surface area contributed by atoms with E-state index in [-0.39, 0.29) is 17.1 Å². The lowest BCUT2D eigenvalue weighted by atomic mass is 10.2. The summed E-state index contributed by atoms with van der Waals surface area (Å²) >= 11 is 6.02. The van der Waals surface area contributed by atoms with E-state index >= 15 is 0 Å². The van der Waals surface area contributed by atoms with Crippen LogP contribution < -0.4 is 10.2 Å². The first-order chi connectivity index (χ1) is 15.9. The number of halogens is 3. The second-order valence-electron chi connectivity index (χ2n) is 7.32. The number of benzene rings is 1. The first kappa shape index (κ1) is 21.0. The smallest absolute Gasteiger partial charge is 0.221 e.